The number of piperidine rings is 1. The van der Waals surface area contributed by atoms with Crippen LogP contribution in [0, 0.1) is 11.8 Å². The third kappa shape index (κ3) is 4.65. The molecule has 4 nitrogen and oxygen atoms in total. The molecule has 19 heavy (non-hydrogen) atoms. The predicted octanol–water partition coefficient (Wildman–Crippen LogP) is 1.54. The number of amides is 1. The van der Waals surface area contributed by atoms with E-state index in [2.05, 4.69) is 23.4 Å². The Balaban J connectivity index is 2.48. The van der Waals surface area contributed by atoms with Gasteiger partial charge in [0.05, 0.1) is 17.5 Å². The maximum Gasteiger partial charge on any atom is 0.223 e. The van der Waals surface area contributed by atoms with Crippen molar-refractivity contribution in [3.63, 3.8) is 0 Å². The topological polar surface area (TPSA) is 52.6 Å². The fourth-order valence-electron chi connectivity index (χ4n) is 2.22. The van der Waals surface area contributed by atoms with Crippen molar-refractivity contribution in [3.8, 4) is 0 Å². The molecule has 1 fully saturated rings. The van der Waals surface area contributed by atoms with E-state index in [-0.39, 0.29) is 17.9 Å². The number of likely N-dealkylation sites (tertiary alicyclic amines) is 1. The Morgan fingerprint density at radius 1 is 1.37 bits per heavy atom. The summed E-state index contributed by atoms with van der Waals surface area (Å²) in [7, 11) is 0. The van der Waals surface area contributed by atoms with Crippen molar-refractivity contribution in [2.45, 2.75) is 51.6 Å². The van der Waals surface area contributed by atoms with Crippen molar-refractivity contribution in [1.29, 1.82) is 0 Å². The Morgan fingerprint density at radius 3 is 2.47 bits per heavy atom. The fourth-order valence-corrected chi connectivity index (χ4v) is 2.71. The van der Waals surface area contributed by atoms with Crippen LogP contribution in [0.3, 0.4) is 0 Å². The Hall–Kier alpha value is -0.260. The fraction of sp³-hybridized carbons (Fsp3) is 0.929. The molecule has 4 unspecified atom stereocenters. The molecule has 0 bridgehead atoms. The molecule has 0 spiro atoms. The molecule has 0 saturated carbocycles. The van der Waals surface area contributed by atoms with E-state index in [1.54, 1.807) is 11.8 Å². The SMILES string of the molecule is CSC(C)N1CCC(NC(=O)C(C)C(C)C)C(O)C1. The number of β-amino-alcohol motifs (C(OH)–C–C–N with tert-alkyl or cyclic N) is 1. The lowest BCUT2D eigenvalue weighted by molar-refractivity contribution is -0.128. The van der Waals surface area contributed by atoms with E-state index in [1.165, 1.54) is 0 Å². The number of rotatable bonds is 5. The highest BCUT2D eigenvalue weighted by atomic mass is 32.2. The highest BCUT2D eigenvalue weighted by molar-refractivity contribution is 7.99. The van der Waals surface area contributed by atoms with Crippen molar-refractivity contribution < 1.29 is 9.90 Å². The number of aliphatic hydroxyl groups is 1. The summed E-state index contributed by atoms with van der Waals surface area (Å²) < 4.78 is 0. The quantitative estimate of drug-likeness (QED) is 0.806. The zero-order valence-corrected chi connectivity index (χ0v) is 13.5. The molecule has 1 aliphatic rings. The molecule has 1 heterocycles. The van der Waals surface area contributed by atoms with E-state index in [1.807, 2.05) is 20.8 Å². The number of thioether (sulfide) groups is 1. The summed E-state index contributed by atoms with van der Waals surface area (Å²) in [5.41, 5.74) is 0. The van der Waals surface area contributed by atoms with Gasteiger partial charge in [-0.2, -0.15) is 0 Å². The van der Waals surface area contributed by atoms with E-state index < -0.39 is 6.10 Å². The monoisotopic (exact) mass is 288 g/mol. The lowest BCUT2D eigenvalue weighted by Crippen LogP contribution is -2.56. The zero-order valence-electron chi connectivity index (χ0n) is 12.7. The van der Waals surface area contributed by atoms with Gasteiger partial charge in [0, 0.05) is 19.0 Å². The summed E-state index contributed by atoms with van der Waals surface area (Å²) in [6.45, 7) is 9.75. The summed E-state index contributed by atoms with van der Waals surface area (Å²) in [6.07, 6.45) is 2.43. The van der Waals surface area contributed by atoms with Gasteiger partial charge in [-0.05, 0) is 25.5 Å². The van der Waals surface area contributed by atoms with Gasteiger partial charge in [-0.3, -0.25) is 9.69 Å². The third-order valence-corrected chi connectivity index (χ3v) is 5.19. The first-order chi connectivity index (χ1) is 8.86. The van der Waals surface area contributed by atoms with Gasteiger partial charge in [-0.15, -0.1) is 11.8 Å². The number of nitrogens with one attached hydrogen (secondary N) is 1. The molecular formula is C14H28N2O2S. The number of nitrogens with zero attached hydrogens (tertiary/aromatic N) is 1. The highest BCUT2D eigenvalue weighted by Crippen LogP contribution is 2.19. The minimum Gasteiger partial charge on any atom is -0.390 e. The Kier molecular flexibility index (Phi) is 6.63. The third-order valence-electron chi connectivity index (χ3n) is 4.21. The van der Waals surface area contributed by atoms with E-state index >= 15 is 0 Å². The second kappa shape index (κ2) is 7.50. The summed E-state index contributed by atoms with van der Waals surface area (Å²) in [5, 5.41) is 13.6. The van der Waals surface area contributed by atoms with Crippen LogP contribution >= 0.6 is 11.8 Å². The van der Waals surface area contributed by atoms with Crippen molar-refractivity contribution in [2.24, 2.45) is 11.8 Å². The second-order valence-electron chi connectivity index (χ2n) is 5.83. The minimum absolute atomic E-state index is 0.00431. The first-order valence-electron chi connectivity index (χ1n) is 7.12. The maximum atomic E-state index is 12.0. The van der Waals surface area contributed by atoms with Crippen molar-refractivity contribution in [1.82, 2.24) is 10.2 Å². The molecule has 5 heteroatoms. The number of hydrogen-bond acceptors (Lipinski definition) is 4. The van der Waals surface area contributed by atoms with Crippen molar-refractivity contribution >= 4 is 17.7 Å². The molecule has 112 valence electrons. The second-order valence-corrected chi connectivity index (χ2v) is 6.99. The molecule has 1 saturated heterocycles. The molecule has 0 radical (unpaired) electrons. The van der Waals surface area contributed by atoms with E-state index in [4.69, 9.17) is 0 Å². The predicted molar refractivity (Wildman–Crippen MR) is 81.1 cm³/mol. The van der Waals surface area contributed by atoms with Crippen LogP contribution in [0.4, 0.5) is 0 Å². The molecule has 4 atom stereocenters. The average molecular weight is 288 g/mol. The molecule has 2 N–H and O–H groups in total. The standard InChI is InChI=1S/C14H28N2O2S/c1-9(2)10(3)14(18)15-12-6-7-16(8-13(12)17)11(4)19-5/h9-13,17H,6-8H2,1-5H3,(H,15,18). The molecule has 1 aliphatic heterocycles. The van der Waals surface area contributed by atoms with Crippen LogP contribution in [-0.2, 0) is 4.79 Å². The molecule has 1 rings (SSSR count). The Morgan fingerprint density at radius 2 is 2.00 bits per heavy atom. The van der Waals surface area contributed by atoms with Gasteiger partial charge >= 0.3 is 0 Å². The largest absolute Gasteiger partial charge is 0.390 e. The number of aliphatic hydroxyl groups excluding tert-OH is 1. The smallest absolute Gasteiger partial charge is 0.223 e. The molecule has 0 aromatic heterocycles. The lowest BCUT2D eigenvalue weighted by Gasteiger charge is -2.39. The summed E-state index contributed by atoms with van der Waals surface area (Å²) >= 11 is 1.78. The summed E-state index contributed by atoms with van der Waals surface area (Å²) in [6, 6.07) is -0.0981. The molecule has 1 amide bonds. The maximum absolute atomic E-state index is 12.0. The van der Waals surface area contributed by atoms with Gasteiger partial charge in [0.1, 0.15) is 0 Å². The zero-order chi connectivity index (χ0) is 14.6. The number of carbonyl (C=O) groups excluding carboxylic acids is 1. The van der Waals surface area contributed by atoms with Gasteiger partial charge in [0.15, 0.2) is 0 Å². The molecule has 0 aromatic carbocycles. The normalized spacial score (nSPS) is 28.2. The van der Waals surface area contributed by atoms with Gasteiger partial charge < -0.3 is 10.4 Å². The first kappa shape index (κ1) is 16.8. The molecule has 0 aliphatic carbocycles. The highest BCUT2D eigenvalue weighted by Gasteiger charge is 2.31. The van der Waals surface area contributed by atoms with E-state index in [0.717, 1.165) is 13.0 Å². The van der Waals surface area contributed by atoms with Gasteiger partial charge in [-0.1, -0.05) is 20.8 Å². The van der Waals surface area contributed by atoms with Gasteiger partial charge in [0.2, 0.25) is 5.91 Å². The van der Waals surface area contributed by atoms with Crippen molar-refractivity contribution in [3.05, 3.63) is 0 Å². The number of carbonyl (C=O) groups is 1. The first-order valence-corrected chi connectivity index (χ1v) is 8.40. The number of hydrogen-bond donors (Lipinski definition) is 2. The van der Waals surface area contributed by atoms with Gasteiger partial charge in [0.25, 0.3) is 0 Å². The van der Waals surface area contributed by atoms with Crippen LogP contribution in [0.5, 0.6) is 0 Å². The van der Waals surface area contributed by atoms with Crippen LogP contribution in [-0.4, -0.2) is 52.8 Å². The minimum atomic E-state index is -0.466. The Bertz CT molecular complexity index is 299. The summed E-state index contributed by atoms with van der Waals surface area (Å²) in [5.74, 6) is 0.384. The van der Waals surface area contributed by atoms with Crippen molar-refractivity contribution in [2.75, 3.05) is 19.3 Å². The van der Waals surface area contributed by atoms with Crippen LogP contribution in [0.1, 0.15) is 34.1 Å². The van der Waals surface area contributed by atoms with Crippen LogP contribution in [0.2, 0.25) is 0 Å². The average Bonchev–Trinajstić information content (AvgIpc) is 2.38. The summed E-state index contributed by atoms with van der Waals surface area (Å²) in [4.78, 5) is 14.3. The van der Waals surface area contributed by atoms with Crippen LogP contribution in [0.25, 0.3) is 0 Å². The van der Waals surface area contributed by atoms with E-state index in [9.17, 15) is 9.90 Å². The molecular weight excluding hydrogens is 260 g/mol. The van der Waals surface area contributed by atoms with Crippen LogP contribution in [0.15, 0.2) is 0 Å². The van der Waals surface area contributed by atoms with Crippen LogP contribution < -0.4 is 5.32 Å². The lowest BCUT2D eigenvalue weighted by atomic mass is 9.95. The van der Waals surface area contributed by atoms with Gasteiger partial charge in [-0.25, -0.2) is 0 Å². The molecule has 0 aromatic rings. The Labute approximate surface area is 121 Å². The van der Waals surface area contributed by atoms with E-state index in [0.29, 0.717) is 17.8 Å².